The van der Waals surface area contributed by atoms with Gasteiger partial charge < -0.3 is 14.5 Å². The van der Waals surface area contributed by atoms with Gasteiger partial charge in [0.15, 0.2) is 5.82 Å². The van der Waals surface area contributed by atoms with Gasteiger partial charge in [0.2, 0.25) is 5.91 Å². The minimum absolute atomic E-state index is 0.0341. The van der Waals surface area contributed by atoms with Crippen molar-refractivity contribution in [2.24, 2.45) is 0 Å². The minimum atomic E-state index is -0.463. The van der Waals surface area contributed by atoms with E-state index < -0.39 is 6.04 Å². The fourth-order valence-electron chi connectivity index (χ4n) is 3.88. The van der Waals surface area contributed by atoms with Gasteiger partial charge in [-0.2, -0.15) is 5.10 Å². The van der Waals surface area contributed by atoms with Crippen LogP contribution in [0.15, 0.2) is 30.6 Å². The number of ether oxygens (including phenoxy) is 1. The monoisotopic (exact) mass is 369 g/mol. The molecule has 2 saturated heterocycles. The number of carbonyl (C=O) groups excluding carboxylic acids is 2. The average Bonchev–Trinajstić information content (AvgIpc) is 3.48. The van der Waals surface area contributed by atoms with E-state index in [0.29, 0.717) is 24.4 Å². The van der Waals surface area contributed by atoms with Gasteiger partial charge in [0.1, 0.15) is 12.4 Å². The Morgan fingerprint density at radius 2 is 2.07 bits per heavy atom. The lowest BCUT2D eigenvalue weighted by Gasteiger charge is -2.27. The highest BCUT2D eigenvalue weighted by atomic mass is 16.5. The first kappa shape index (κ1) is 17.7. The summed E-state index contributed by atoms with van der Waals surface area (Å²) in [6.45, 7) is 1.97. The molecule has 2 amide bonds. The minimum Gasteiger partial charge on any atom is -0.380 e. The molecule has 0 unspecified atom stereocenters. The second-order valence-electron chi connectivity index (χ2n) is 7.01. The summed E-state index contributed by atoms with van der Waals surface area (Å²) in [4.78, 5) is 33.8. The van der Waals surface area contributed by atoms with Crippen molar-refractivity contribution in [1.82, 2.24) is 25.0 Å². The van der Waals surface area contributed by atoms with Crippen LogP contribution in [0.2, 0.25) is 0 Å². The number of likely N-dealkylation sites (tertiary alicyclic amines) is 2. The summed E-state index contributed by atoms with van der Waals surface area (Å²) in [6.07, 6.45) is 3.90. The van der Waals surface area contributed by atoms with Gasteiger partial charge in [-0.25, -0.2) is 4.98 Å². The van der Waals surface area contributed by atoms with E-state index in [2.05, 4.69) is 15.2 Å². The van der Waals surface area contributed by atoms with Crippen LogP contribution in [-0.2, 0) is 9.53 Å². The van der Waals surface area contributed by atoms with Crippen LogP contribution in [0.5, 0.6) is 0 Å². The maximum absolute atomic E-state index is 13.2. The Bertz CT molecular complexity index is 817. The van der Waals surface area contributed by atoms with Gasteiger partial charge in [0.25, 0.3) is 5.91 Å². The molecule has 2 aliphatic heterocycles. The summed E-state index contributed by atoms with van der Waals surface area (Å²) in [5.41, 5.74) is 1.31. The molecule has 142 valence electrons. The standard InChI is InChI=1S/C19H23N5O3/c1-27-15-10-16(19(26)23-7-2-3-8-23)24(11-15)18(25)14-6-4-5-13(9-14)17-20-12-21-22-17/h4-6,9,12,15-16H,2-3,7-8,10-11H2,1H3,(H,20,21,22)/t15-,16-/m0/s1. The summed E-state index contributed by atoms with van der Waals surface area (Å²) in [6, 6.07) is 6.76. The quantitative estimate of drug-likeness (QED) is 0.878. The number of aromatic nitrogens is 3. The van der Waals surface area contributed by atoms with E-state index in [-0.39, 0.29) is 17.9 Å². The van der Waals surface area contributed by atoms with E-state index >= 15 is 0 Å². The Morgan fingerprint density at radius 3 is 2.78 bits per heavy atom. The number of carbonyl (C=O) groups is 2. The second kappa shape index (κ2) is 7.48. The Hall–Kier alpha value is -2.74. The topological polar surface area (TPSA) is 91.4 Å². The van der Waals surface area contributed by atoms with Crippen molar-refractivity contribution in [1.29, 1.82) is 0 Å². The predicted molar refractivity (Wildman–Crippen MR) is 97.9 cm³/mol. The molecule has 1 N–H and O–H groups in total. The summed E-state index contributed by atoms with van der Waals surface area (Å²) in [5.74, 6) is 0.478. The van der Waals surface area contributed by atoms with Crippen LogP contribution in [0, 0.1) is 0 Å². The van der Waals surface area contributed by atoms with E-state index in [9.17, 15) is 9.59 Å². The molecule has 2 atom stereocenters. The number of H-pyrrole nitrogens is 1. The number of amides is 2. The van der Waals surface area contributed by atoms with Gasteiger partial charge in [0, 0.05) is 44.3 Å². The van der Waals surface area contributed by atoms with Crippen LogP contribution in [0.4, 0.5) is 0 Å². The highest BCUT2D eigenvalue weighted by molar-refractivity contribution is 5.98. The summed E-state index contributed by atoms with van der Waals surface area (Å²) < 4.78 is 5.47. The molecule has 3 heterocycles. The molecule has 8 nitrogen and oxygen atoms in total. The number of nitrogens with zero attached hydrogens (tertiary/aromatic N) is 4. The Morgan fingerprint density at radius 1 is 1.26 bits per heavy atom. The molecule has 0 aliphatic carbocycles. The van der Waals surface area contributed by atoms with E-state index in [4.69, 9.17) is 4.74 Å². The lowest BCUT2D eigenvalue weighted by Crippen LogP contribution is -2.47. The molecule has 1 aromatic carbocycles. The zero-order valence-electron chi connectivity index (χ0n) is 15.3. The number of nitrogens with one attached hydrogen (secondary N) is 1. The molecule has 2 fully saturated rings. The third kappa shape index (κ3) is 3.44. The van der Waals surface area contributed by atoms with Crippen molar-refractivity contribution in [3.8, 4) is 11.4 Å². The second-order valence-corrected chi connectivity index (χ2v) is 7.01. The molecule has 2 aliphatic rings. The van der Waals surface area contributed by atoms with Crippen molar-refractivity contribution < 1.29 is 14.3 Å². The van der Waals surface area contributed by atoms with Gasteiger partial charge >= 0.3 is 0 Å². The van der Waals surface area contributed by atoms with E-state index in [1.54, 1.807) is 24.1 Å². The molecule has 27 heavy (non-hydrogen) atoms. The number of methoxy groups -OCH3 is 1. The zero-order chi connectivity index (χ0) is 18.8. The molecule has 4 rings (SSSR count). The fourth-order valence-corrected chi connectivity index (χ4v) is 3.88. The molecule has 0 spiro atoms. The molecular weight excluding hydrogens is 346 g/mol. The van der Waals surface area contributed by atoms with Crippen LogP contribution in [0.3, 0.4) is 0 Å². The summed E-state index contributed by atoms with van der Waals surface area (Å²) in [5, 5.41) is 6.66. The first-order chi connectivity index (χ1) is 13.2. The lowest BCUT2D eigenvalue weighted by molar-refractivity contribution is -0.134. The first-order valence-electron chi connectivity index (χ1n) is 9.25. The smallest absolute Gasteiger partial charge is 0.254 e. The highest BCUT2D eigenvalue weighted by Crippen LogP contribution is 2.26. The van der Waals surface area contributed by atoms with Gasteiger partial charge in [-0.05, 0) is 25.0 Å². The Labute approximate surface area is 157 Å². The van der Waals surface area contributed by atoms with Crippen molar-refractivity contribution in [3.63, 3.8) is 0 Å². The van der Waals surface area contributed by atoms with E-state index in [1.165, 1.54) is 6.33 Å². The highest BCUT2D eigenvalue weighted by Gasteiger charge is 2.42. The number of aromatic amines is 1. The third-order valence-corrected chi connectivity index (χ3v) is 5.36. The maximum Gasteiger partial charge on any atom is 0.254 e. The normalized spacial score (nSPS) is 22.4. The SMILES string of the molecule is CO[C@H]1C[C@@H](C(=O)N2CCCC2)N(C(=O)c2cccc(-c3ncn[nH]3)c2)C1. The molecule has 0 bridgehead atoms. The molecular formula is C19H23N5O3. The maximum atomic E-state index is 13.2. The van der Waals surface area contributed by atoms with Gasteiger partial charge in [-0.1, -0.05) is 12.1 Å². The Kier molecular flexibility index (Phi) is 4.89. The molecule has 0 saturated carbocycles. The summed E-state index contributed by atoms with van der Waals surface area (Å²) in [7, 11) is 1.63. The number of hydrogen-bond acceptors (Lipinski definition) is 5. The van der Waals surface area contributed by atoms with E-state index in [1.807, 2.05) is 17.0 Å². The molecule has 8 heteroatoms. The fraction of sp³-hybridized carbons (Fsp3) is 0.474. The third-order valence-electron chi connectivity index (χ3n) is 5.36. The largest absolute Gasteiger partial charge is 0.380 e. The molecule has 0 radical (unpaired) electrons. The van der Waals surface area contributed by atoms with E-state index in [0.717, 1.165) is 31.5 Å². The zero-order valence-corrected chi connectivity index (χ0v) is 15.3. The number of hydrogen-bond donors (Lipinski definition) is 1. The first-order valence-corrected chi connectivity index (χ1v) is 9.25. The van der Waals surface area contributed by atoms with Crippen LogP contribution >= 0.6 is 0 Å². The van der Waals surface area contributed by atoms with Gasteiger partial charge in [0.05, 0.1) is 6.10 Å². The van der Waals surface area contributed by atoms with Crippen molar-refractivity contribution >= 4 is 11.8 Å². The van der Waals surface area contributed by atoms with Crippen LogP contribution in [0.1, 0.15) is 29.6 Å². The Balaban J connectivity index is 1.59. The van der Waals surface area contributed by atoms with Crippen molar-refractivity contribution in [2.45, 2.75) is 31.4 Å². The molecule has 2 aromatic rings. The average molecular weight is 369 g/mol. The van der Waals surface area contributed by atoms with Crippen LogP contribution < -0.4 is 0 Å². The van der Waals surface area contributed by atoms with Gasteiger partial charge in [-0.3, -0.25) is 14.7 Å². The van der Waals surface area contributed by atoms with Crippen LogP contribution in [-0.4, -0.2) is 75.7 Å². The lowest BCUT2D eigenvalue weighted by atomic mass is 10.1. The van der Waals surface area contributed by atoms with Crippen molar-refractivity contribution in [2.75, 3.05) is 26.7 Å². The number of rotatable bonds is 4. The predicted octanol–water partition coefficient (Wildman–Crippen LogP) is 1.32. The molecule has 1 aromatic heterocycles. The van der Waals surface area contributed by atoms with Crippen LogP contribution in [0.25, 0.3) is 11.4 Å². The summed E-state index contributed by atoms with van der Waals surface area (Å²) >= 11 is 0. The number of benzene rings is 1. The van der Waals surface area contributed by atoms with Gasteiger partial charge in [-0.15, -0.1) is 0 Å². The van der Waals surface area contributed by atoms with Crippen molar-refractivity contribution in [3.05, 3.63) is 36.2 Å².